The second kappa shape index (κ2) is 7.13. The van der Waals surface area contributed by atoms with Crippen LogP contribution in [0.5, 0.6) is 0 Å². The van der Waals surface area contributed by atoms with Gasteiger partial charge in [0, 0.05) is 18.7 Å². The van der Waals surface area contributed by atoms with Crippen molar-refractivity contribution in [2.24, 2.45) is 0 Å². The molecule has 2 aliphatic heterocycles. The Morgan fingerprint density at radius 3 is 2.64 bits per heavy atom. The number of carboxylic acid groups (broad SMARTS) is 1. The van der Waals surface area contributed by atoms with Crippen LogP contribution in [0.25, 0.3) is 0 Å². The molecule has 0 spiro atoms. The highest BCUT2D eigenvalue weighted by atomic mass is 35.5. The quantitative estimate of drug-likeness (QED) is 0.738. The van der Waals surface area contributed by atoms with E-state index in [4.69, 9.17) is 11.6 Å². The molecule has 2 saturated heterocycles. The van der Waals surface area contributed by atoms with Gasteiger partial charge in [0.1, 0.15) is 5.54 Å². The van der Waals surface area contributed by atoms with Gasteiger partial charge in [0.25, 0.3) is 5.91 Å². The van der Waals surface area contributed by atoms with Gasteiger partial charge in [-0.25, -0.2) is 9.59 Å². The molecule has 3 N–H and O–H groups in total. The average molecular weight is 384 g/mol. The van der Waals surface area contributed by atoms with Gasteiger partial charge >= 0.3 is 12.0 Å². The third-order valence-corrected chi connectivity index (χ3v) is 5.77. The van der Waals surface area contributed by atoms with Gasteiger partial charge in [-0.15, -0.1) is 0 Å². The van der Waals surface area contributed by atoms with Crippen LogP contribution in [0.1, 0.15) is 23.2 Å². The Kier molecular flexibility index (Phi) is 5.10. The predicted molar refractivity (Wildman–Crippen MR) is 96.6 cm³/mol. The molecule has 3 amide bonds. The van der Waals surface area contributed by atoms with Crippen molar-refractivity contribution < 1.29 is 19.5 Å². The smallest absolute Gasteiger partial charge is 0.329 e. The van der Waals surface area contributed by atoms with Crippen LogP contribution in [0.2, 0.25) is 5.02 Å². The number of nitrogens with zero attached hydrogens (tertiary/aromatic N) is 1. The third-order valence-electron chi connectivity index (χ3n) is 4.46. The summed E-state index contributed by atoms with van der Waals surface area (Å²) in [7, 11) is 0. The van der Waals surface area contributed by atoms with Crippen LogP contribution in [0, 0.1) is 0 Å². The number of hydrogen-bond donors (Lipinski definition) is 3. The topological polar surface area (TPSA) is 98.7 Å². The summed E-state index contributed by atoms with van der Waals surface area (Å²) in [6.07, 6.45) is 0.765. The number of urea groups is 1. The molecule has 1 aromatic carbocycles. The Morgan fingerprint density at radius 1 is 1.32 bits per heavy atom. The number of hydrogen-bond acceptors (Lipinski definition) is 4. The zero-order chi connectivity index (χ0) is 18.0. The van der Waals surface area contributed by atoms with Crippen molar-refractivity contribution in [1.29, 1.82) is 0 Å². The fraction of sp³-hybridized carbons (Fsp3) is 0.438. The minimum Gasteiger partial charge on any atom is -0.480 e. The highest BCUT2D eigenvalue weighted by Gasteiger charge is 2.41. The van der Waals surface area contributed by atoms with Crippen molar-refractivity contribution in [2.75, 3.05) is 29.5 Å². The van der Waals surface area contributed by atoms with Gasteiger partial charge in [0.05, 0.1) is 10.7 Å². The molecular formula is C16H18ClN3O4S. The molecule has 2 fully saturated rings. The molecule has 0 aromatic heterocycles. The van der Waals surface area contributed by atoms with Crippen molar-refractivity contribution in [3.63, 3.8) is 0 Å². The average Bonchev–Trinajstić information content (AvgIpc) is 3.01. The van der Waals surface area contributed by atoms with Crippen LogP contribution >= 0.6 is 23.4 Å². The van der Waals surface area contributed by atoms with Crippen LogP contribution in [-0.4, -0.2) is 53.1 Å². The van der Waals surface area contributed by atoms with Crippen molar-refractivity contribution >= 4 is 47.0 Å². The number of amides is 3. The van der Waals surface area contributed by atoms with Gasteiger partial charge in [-0.3, -0.25) is 9.69 Å². The predicted octanol–water partition coefficient (Wildman–Crippen LogP) is 1.95. The SMILES string of the molecule is O=C(NC1(C(=O)O)CCSCC1)c1ccc(Cl)c(N2CCNC2=O)c1. The fourth-order valence-electron chi connectivity index (χ4n) is 2.96. The molecule has 2 heterocycles. The van der Waals surface area contributed by atoms with E-state index in [2.05, 4.69) is 10.6 Å². The normalized spacial score (nSPS) is 19.4. The minimum atomic E-state index is -1.24. The summed E-state index contributed by atoms with van der Waals surface area (Å²) in [5, 5.41) is 15.3. The first kappa shape index (κ1) is 17.9. The second-order valence-electron chi connectivity index (χ2n) is 6.00. The maximum Gasteiger partial charge on any atom is 0.329 e. The lowest BCUT2D eigenvalue weighted by molar-refractivity contribution is -0.144. The maximum absolute atomic E-state index is 12.6. The second-order valence-corrected chi connectivity index (χ2v) is 7.64. The molecule has 9 heteroatoms. The highest BCUT2D eigenvalue weighted by Crippen LogP contribution is 2.30. The number of carbonyl (C=O) groups excluding carboxylic acids is 2. The molecular weight excluding hydrogens is 366 g/mol. The molecule has 25 heavy (non-hydrogen) atoms. The van der Waals surface area contributed by atoms with Crippen molar-refractivity contribution in [1.82, 2.24) is 10.6 Å². The van der Waals surface area contributed by atoms with Crippen LogP contribution in [-0.2, 0) is 4.79 Å². The van der Waals surface area contributed by atoms with Gasteiger partial charge in [-0.2, -0.15) is 11.8 Å². The lowest BCUT2D eigenvalue weighted by Gasteiger charge is -2.33. The van der Waals surface area contributed by atoms with E-state index in [1.54, 1.807) is 17.8 Å². The standard InChI is InChI=1S/C16H18ClN3O4S/c17-11-2-1-10(9-12(11)20-6-5-18-15(20)24)13(21)19-16(14(22)23)3-7-25-8-4-16/h1-2,9H,3-8H2,(H,18,24)(H,19,21)(H,22,23). The number of carboxylic acids is 1. The van der Waals surface area contributed by atoms with Crippen molar-refractivity contribution in [2.45, 2.75) is 18.4 Å². The number of halogens is 1. The molecule has 0 unspecified atom stereocenters. The summed E-state index contributed by atoms with van der Waals surface area (Å²) < 4.78 is 0. The molecule has 0 saturated carbocycles. The summed E-state index contributed by atoms with van der Waals surface area (Å²) >= 11 is 7.84. The zero-order valence-corrected chi connectivity index (χ0v) is 15.0. The first-order valence-corrected chi connectivity index (χ1v) is 9.45. The zero-order valence-electron chi connectivity index (χ0n) is 13.4. The molecule has 134 valence electrons. The molecule has 1 aromatic rings. The number of thioether (sulfide) groups is 1. The lowest BCUT2D eigenvalue weighted by atomic mass is 9.92. The first-order chi connectivity index (χ1) is 11.9. The van der Waals surface area contributed by atoms with E-state index < -0.39 is 17.4 Å². The van der Waals surface area contributed by atoms with E-state index in [9.17, 15) is 19.5 Å². The first-order valence-electron chi connectivity index (χ1n) is 7.91. The van der Waals surface area contributed by atoms with Gasteiger partial charge in [0.2, 0.25) is 0 Å². The minimum absolute atomic E-state index is 0.272. The van der Waals surface area contributed by atoms with E-state index in [0.29, 0.717) is 48.1 Å². The van der Waals surface area contributed by atoms with Gasteiger partial charge in [-0.05, 0) is 42.5 Å². The molecule has 0 atom stereocenters. The Labute approximate surface area is 154 Å². The third kappa shape index (κ3) is 3.55. The van der Waals surface area contributed by atoms with E-state index in [-0.39, 0.29) is 11.6 Å². The van der Waals surface area contributed by atoms with E-state index >= 15 is 0 Å². The monoisotopic (exact) mass is 383 g/mol. The van der Waals surface area contributed by atoms with Crippen LogP contribution in [0.15, 0.2) is 18.2 Å². The largest absolute Gasteiger partial charge is 0.480 e. The van der Waals surface area contributed by atoms with Gasteiger partial charge < -0.3 is 15.7 Å². The van der Waals surface area contributed by atoms with E-state index in [1.165, 1.54) is 17.0 Å². The summed E-state index contributed by atoms with van der Waals surface area (Å²) in [6.45, 7) is 0.964. The molecule has 2 aliphatic rings. The van der Waals surface area contributed by atoms with Crippen LogP contribution in [0.4, 0.5) is 10.5 Å². The highest BCUT2D eigenvalue weighted by molar-refractivity contribution is 7.99. The number of nitrogens with one attached hydrogen (secondary N) is 2. The fourth-order valence-corrected chi connectivity index (χ4v) is 4.37. The number of rotatable bonds is 4. The van der Waals surface area contributed by atoms with Crippen LogP contribution < -0.4 is 15.5 Å². The van der Waals surface area contributed by atoms with Crippen molar-refractivity contribution in [3.05, 3.63) is 28.8 Å². The van der Waals surface area contributed by atoms with Gasteiger partial charge in [0.15, 0.2) is 0 Å². The molecule has 0 aliphatic carbocycles. The summed E-state index contributed by atoms with van der Waals surface area (Å²) in [5.74, 6) is -0.125. The molecule has 3 rings (SSSR count). The Balaban J connectivity index is 1.84. The number of aliphatic carboxylic acids is 1. The van der Waals surface area contributed by atoms with E-state index in [1.807, 2.05) is 0 Å². The van der Waals surface area contributed by atoms with E-state index in [0.717, 1.165) is 0 Å². The molecule has 0 radical (unpaired) electrons. The van der Waals surface area contributed by atoms with Crippen molar-refractivity contribution in [3.8, 4) is 0 Å². The molecule has 7 nitrogen and oxygen atoms in total. The molecule has 0 bridgehead atoms. The maximum atomic E-state index is 12.6. The number of benzene rings is 1. The summed E-state index contributed by atoms with van der Waals surface area (Å²) in [4.78, 5) is 37.7. The Morgan fingerprint density at radius 2 is 2.04 bits per heavy atom. The summed E-state index contributed by atoms with van der Waals surface area (Å²) in [6, 6.07) is 4.32. The number of anilines is 1. The van der Waals surface area contributed by atoms with Gasteiger partial charge in [-0.1, -0.05) is 11.6 Å². The van der Waals surface area contributed by atoms with Crippen LogP contribution in [0.3, 0.4) is 0 Å². The number of carbonyl (C=O) groups is 3. The Bertz CT molecular complexity index is 721. The lowest BCUT2D eigenvalue weighted by Crippen LogP contribution is -2.56. The summed E-state index contributed by atoms with van der Waals surface area (Å²) in [5.41, 5.74) is -0.529. The Hall–Kier alpha value is -1.93.